The number of hydrogen-bond acceptors (Lipinski definition) is 6. The third-order valence-electron chi connectivity index (χ3n) is 3.31. The molecule has 0 amide bonds. The fourth-order valence-corrected chi connectivity index (χ4v) is 2.99. The number of methoxy groups -OCH3 is 1. The van der Waals surface area contributed by atoms with Crippen LogP contribution in [0.15, 0.2) is 51.8 Å². The summed E-state index contributed by atoms with van der Waals surface area (Å²) in [5, 5.41) is 11.3. The molecule has 0 aromatic heterocycles. The van der Waals surface area contributed by atoms with Gasteiger partial charge in [0.25, 0.3) is 10.0 Å². The normalized spacial score (nSPS) is 11.5. The van der Waals surface area contributed by atoms with E-state index >= 15 is 0 Å². The summed E-state index contributed by atoms with van der Waals surface area (Å²) in [6.45, 7) is 2.15. The molecule has 0 fully saturated rings. The second-order valence-corrected chi connectivity index (χ2v) is 6.83. The molecule has 0 aliphatic rings. The van der Waals surface area contributed by atoms with Gasteiger partial charge in [-0.25, -0.2) is 0 Å². The summed E-state index contributed by atoms with van der Waals surface area (Å²) in [5.74, 6) is 0.133. The molecule has 2 aromatic carbocycles. The van der Waals surface area contributed by atoms with Gasteiger partial charge in [-0.1, -0.05) is 25.1 Å². The van der Waals surface area contributed by atoms with Crippen LogP contribution in [0.4, 0.5) is 5.69 Å². The van der Waals surface area contributed by atoms with Gasteiger partial charge in [0.05, 0.1) is 23.5 Å². The Labute approximate surface area is 151 Å². The Balaban J connectivity index is 2.44. The predicted molar refractivity (Wildman–Crippen MR) is 96.7 cm³/mol. The number of benzene rings is 2. The lowest BCUT2D eigenvalue weighted by Crippen LogP contribution is -2.03. The number of nitro benzene ring substituents is 1. The van der Waals surface area contributed by atoms with Crippen molar-refractivity contribution in [3.05, 3.63) is 58.1 Å². The number of hydrogen-bond donors (Lipinski definition) is 0. The lowest BCUT2D eigenvalue weighted by atomic mass is 10.2. The highest BCUT2D eigenvalue weighted by molar-refractivity contribution is 7.90. The Morgan fingerprint density at radius 1 is 1.23 bits per heavy atom. The van der Waals surface area contributed by atoms with Gasteiger partial charge in [-0.15, -0.1) is 0 Å². The van der Waals surface area contributed by atoms with E-state index in [1.165, 1.54) is 31.4 Å². The van der Waals surface area contributed by atoms with Crippen LogP contribution in [0.25, 0.3) is 0 Å². The highest BCUT2D eigenvalue weighted by atomic mass is 32.2. The minimum atomic E-state index is -3.91. The van der Waals surface area contributed by atoms with Gasteiger partial charge in [-0.3, -0.25) is 10.1 Å². The van der Waals surface area contributed by atoms with Crippen LogP contribution in [-0.2, 0) is 10.0 Å². The molecule has 0 radical (unpaired) electrons. The number of sulfonamides is 1. The minimum absolute atomic E-state index is 0.00224. The summed E-state index contributed by atoms with van der Waals surface area (Å²) in [4.78, 5) is 10.7. The van der Waals surface area contributed by atoms with E-state index in [1.54, 1.807) is 18.2 Å². The van der Waals surface area contributed by atoms with Gasteiger partial charge in [-0.2, -0.15) is 12.8 Å². The molecule has 2 rings (SSSR count). The van der Waals surface area contributed by atoms with Gasteiger partial charge in [0.2, 0.25) is 5.75 Å². The molecule has 0 saturated heterocycles. The summed E-state index contributed by atoms with van der Waals surface area (Å²) >= 11 is 0. The van der Waals surface area contributed by atoms with E-state index in [1.807, 2.05) is 6.92 Å². The SMILES string of the molecule is CCCOc1c(OC)cc(/C=N\S(=O)(=O)c2ccccc2)cc1[N+](=O)[O-]. The van der Waals surface area contributed by atoms with E-state index in [4.69, 9.17) is 9.47 Å². The smallest absolute Gasteiger partial charge is 0.315 e. The molecule has 8 nitrogen and oxygen atoms in total. The molecule has 0 spiro atoms. The van der Waals surface area contributed by atoms with Crippen LogP contribution in [0.5, 0.6) is 11.5 Å². The van der Waals surface area contributed by atoms with E-state index in [2.05, 4.69) is 4.40 Å². The fraction of sp³-hybridized carbons (Fsp3) is 0.235. The summed E-state index contributed by atoms with van der Waals surface area (Å²) in [7, 11) is -2.56. The van der Waals surface area contributed by atoms with Crippen molar-refractivity contribution < 1.29 is 22.8 Å². The van der Waals surface area contributed by atoms with Gasteiger partial charge in [0.1, 0.15) is 0 Å². The van der Waals surface area contributed by atoms with Crippen molar-refractivity contribution in [2.45, 2.75) is 18.2 Å². The first-order chi connectivity index (χ1) is 12.4. The second-order valence-electron chi connectivity index (χ2n) is 5.20. The van der Waals surface area contributed by atoms with Crippen LogP contribution in [0, 0.1) is 10.1 Å². The molecule has 0 N–H and O–H groups in total. The first-order valence-electron chi connectivity index (χ1n) is 7.73. The van der Waals surface area contributed by atoms with Crippen molar-refractivity contribution in [2.24, 2.45) is 4.40 Å². The molecule has 9 heteroatoms. The summed E-state index contributed by atoms with van der Waals surface area (Å²) in [6, 6.07) is 10.3. The molecule has 0 bridgehead atoms. The third kappa shape index (κ3) is 4.57. The molecular formula is C17H18N2O6S. The van der Waals surface area contributed by atoms with Crippen LogP contribution in [-0.4, -0.2) is 33.3 Å². The van der Waals surface area contributed by atoms with Crippen LogP contribution in [0.1, 0.15) is 18.9 Å². The van der Waals surface area contributed by atoms with Crippen LogP contribution < -0.4 is 9.47 Å². The molecule has 0 aliphatic heterocycles. The van der Waals surface area contributed by atoms with Gasteiger partial charge in [0.15, 0.2) is 5.75 Å². The van der Waals surface area contributed by atoms with Crippen LogP contribution >= 0.6 is 0 Å². The minimum Gasteiger partial charge on any atom is -0.493 e. The number of nitrogens with zero attached hydrogens (tertiary/aromatic N) is 2. The molecule has 0 heterocycles. The van der Waals surface area contributed by atoms with Crippen LogP contribution in [0.2, 0.25) is 0 Å². The van der Waals surface area contributed by atoms with Crippen molar-refractivity contribution in [3.63, 3.8) is 0 Å². The quantitative estimate of drug-likeness (QED) is 0.396. The van der Waals surface area contributed by atoms with Gasteiger partial charge >= 0.3 is 5.69 Å². The number of ether oxygens (including phenoxy) is 2. The Morgan fingerprint density at radius 2 is 1.92 bits per heavy atom. The topological polar surface area (TPSA) is 108 Å². The van der Waals surface area contributed by atoms with Crippen molar-refractivity contribution in [1.29, 1.82) is 0 Å². The largest absolute Gasteiger partial charge is 0.493 e. The summed E-state index contributed by atoms with van der Waals surface area (Å²) < 4.78 is 38.6. The lowest BCUT2D eigenvalue weighted by molar-refractivity contribution is -0.386. The second kappa shape index (κ2) is 8.43. The molecule has 0 aliphatic carbocycles. The molecule has 0 unspecified atom stereocenters. The lowest BCUT2D eigenvalue weighted by Gasteiger charge is -2.11. The van der Waals surface area contributed by atoms with E-state index in [0.29, 0.717) is 6.42 Å². The zero-order valence-corrected chi connectivity index (χ0v) is 15.1. The average Bonchev–Trinajstić information content (AvgIpc) is 2.65. The zero-order chi connectivity index (χ0) is 19.2. The molecular weight excluding hydrogens is 360 g/mol. The maximum Gasteiger partial charge on any atom is 0.315 e. The molecule has 2 aromatic rings. The van der Waals surface area contributed by atoms with Gasteiger partial charge in [0, 0.05) is 17.8 Å². The highest BCUT2D eigenvalue weighted by Gasteiger charge is 2.22. The van der Waals surface area contributed by atoms with Gasteiger partial charge in [-0.05, 0) is 24.6 Å². The van der Waals surface area contributed by atoms with E-state index in [9.17, 15) is 18.5 Å². The first kappa shape index (κ1) is 19.4. The van der Waals surface area contributed by atoms with Crippen molar-refractivity contribution in [2.75, 3.05) is 13.7 Å². The Kier molecular flexibility index (Phi) is 6.29. The Hall–Kier alpha value is -2.94. The van der Waals surface area contributed by atoms with Crippen molar-refractivity contribution in [3.8, 4) is 11.5 Å². The first-order valence-corrected chi connectivity index (χ1v) is 9.17. The molecule has 0 atom stereocenters. The molecule has 26 heavy (non-hydrogen) atoms. The van der Waals surface area contributed by atoms with Crippen molar-refractivity contribution >= 4 is 21.9 Å². The average molecular weight is 378 g/mol. The zero-order valence-electron chi connectivity index (χ0n) is 14.3. The van der Waals surface area contributed by atoms with Crippen molar-refractivity contribution in [1.82, 2.24) is 0 Å². The maximum atomic E-state index is 12.2. The van der Waals surface area contributed by atoms with E-state index in [0.717, 1.165) is 6.21 Å². The Morgan fingerprint density at radius 3 is 2.50 bits per heavy atom. The number of nitro groups is 1. The predicted octanol–water partition coefficient (Wildman–Crippen LogP) is 3.20. The molecule has 138 valence electrons. The third-order valence-corrected chi connectivity index (χ3v) is 4.56. The van der Waals surface area contributed by atoms with Crippen LogP contribution in [0.3, 0.4) is 0 Å². The fourth-order valence-electron chi connectivity index (χ4n) is 2.10. The summed E-state index contributed by atoms with van der Waals surface area (Å²) in [5.41, 5.74) is -0.117. The standard InChI is InChI=1S/C17H18N2O6S/c1-3-9-25-17-15(19(20)21)10-13(11-16(17)24-2)12-18-26(22,23)14-7-5-4-6-8-14/h4-8,10-12H,3,9H2,1-2H3/b18-12-. The van der Waals surface area contributed by atoms with Gasteiger partial charge < -0.3 is 9.47 Å². The van der Waals surface area contributed by atoms with E-state index in [-0.39, 0.29) is 34.3 Å². The summed E-state index contributed by atoms with van der Waals surface area (Å²) in [6.07, 6.45) is 1.71. The van der Waals surface area contributed by atoms with E-state index < -0.39 is 14.9 Å². The maximum absolute atomic E-state index is 12.2. The molecule has 0 saturated carbocycles. The monoisotopic (exact) mass is 378 g/mol. The number of rotatable bonds is 8. The Bertz CT molecular complexity index is 910. The highest BCUT2D eigenvalue weighted by Crippen LogP contribution is 2.38.